The van der Waals surface area contributed by atoms with E-state index in [-0.39, 0.29) is 11.5 Å². The van der Waals surface area contributed by atoms with E-state index in [1.807, 2.05) is 26.1 Å². The van der Waals surface area contributed by atoms with Crippen LogP contribution in [-0.2, 0) is 11.3 Å². The van der Waals surface area contributed by atoms with E-state index in [1.165, 1.54) is 10.7 Å². The first kappa shape index (κ1) is 16.0. The number of hydrogen-bond acceptors (Lipinski definition) is 5. The third kappa shape index (κ3) is 2.59. The molecule has 0 aliphatic carbocycles. The van der Waals surface area contributed by atoms with Crippen LogP contribution in [0.25, 0.3) is 16.9 Å². The van der Waals surface area contributed by atoms with Crippen molar-refractivity contribution in [1.29, 1.82) is 5.26 Å². The lowest BCUT2D eigenvalue weighted by Crippen LogP contribution is -2.22. The molecular weight excluding hydrogens is 308 g/mol. The Morgan fingerprint density at radius 3 is 2.92 bits per heavy atom. The van der Waals surface area contributed by atoms with Gasteiger partial charge in [0.15, 0.2) is 5.65 Å². The molecule has 0 spiro atoms. The summed E-state index contributed by atoms with van der Waals surface area (Å²) in [5.74, 6) is -0.0203. The van der Waals surface area contributed by atoms with Crippen LogP contribution in [0, 0.1) is 11.3 Å². The number of hydrogen-bond donors (Lipinski definition) is 1. The summed E-state index contributed by atoms with van der Waals surface area (Å²) in [6.45, 7) is 5.04. The van der Waals surface area contributed by atoms with Crippen LogP contribution in [0.3, 0.4) is 0 Å². The molecule has 3 rings (SSSR count). The van der Waals surface area contributed by atoms with Gasteiger partial charge in [0, 0.05) is 30.6 Å². The van der Waals surface area contributed by atoms with Crippen molar-refractivity contribution in [3.05, 3.63) is 40.1 Å². The molecular formula is C16H18N6O2. The highest BCUT2D eigenvalue weighted by molar-refractivity contribution is 5.67. The normalized spacial score (nSPS) is 11.3. The number of methoxy groups -OCH3 is 1. The topological polar surface area (TPSA) is 101 Å². The van der Waals surface area contributed by atoms with Gasteiger partial charge in [0.05, 0.1) is 25.0 Å². The Morgan fingerprint density at radius 1 is 1.46 bits per heavy atom. The smallest absolute Gasteiger partial charge is 0.276 e. The van der Waals surface area contributed by atoms with E-state index in [9.17, 15) is 10.1 Å². The van der Waals surface area contributed by atoms with Crippen molar-refractivity contribution in [1.82, 2.24) is 24.4 Å². The fourth-order valence-electron chi connectivity index (χ4n) is 2.64. The van der Waals surface area contributed by atoms with Crippen LogP contribution in [0.4, 0.5) is 0 Å². The molecule has 124 valence electrons. The van der Waals surface area contributed by atoms with Gasteiger partial charge in [-0.1, -0.05) is 13.8 Å². The molecule has 1 N–H and O–H groups in total. The predicted octanol–water partition coefficient (Wildman–Crippen LogP) is 1.53. The Kier molecular flexibility index (Phi) is 4.18. The zero-order chi connectivity index (χ0) is 17.3. The van der Waals surface area contributed by atoms with Gasteiger partial charge in [-0.3, -0.25) is 14.6 Å². The predicted molar refractivity (Wildman–Crippen MR) is 87.7 cm³/mol. The molecule has 3 aromatic rings. The quantitative estimate of drug-likeness (QED) is 0.766. The summed E-state index contributed by atoms with van der Waals surface area (Å²) in [5.41, 5.74) is 2.36. The van der Waals surface area contributed by atoms with E-state index in [4.69, 9.17) is 4.74 Å². The van der Waals surface area contributed by atoms with Gasteiger partial charge in [-0.15, -0.1) is 0 Å². The zero-order valence-electron chi connectivity index (χ0n) is 13.8. The van der Waals surface area contributed by atoms with Gasteiger partial charge in [-0.25, -0.2) is 9.50 Å². The van der Waals surface area contributed by atoms with E-state index >= 15 is 0 Å². The van der Waals surface area contributed by atoms with Gasteiger partial charge in [0.1, 0.15) is 11.6 Å². The number of nitrogens with zero attached hydrogens (tertiary/aromatic N) is 5. The highest BCUT2D eigenvalue weighted by Crippen LogP contribution is 2.25. The minimum Gasteiger partial charge on any atom is -0.383 e. The maximum atomic E-state index is 12.8. The molecule has 0 aliphatic rings. The second-order valence-electron chi connectivity index (χ2n) is 5.78. The van der Waals surface area contributed by atoms with Crippen molar-refractivity contribution in [3.8, 4) is 17.3 Å². The molecule has 8 nitrogen and oxygen atoms in total. The molecule has 0 fully saturated rings. The van der Waals surface area contributed by atoms with Crippen LogP contribution in [-0.4, -0.2) is 38.1 Å². The third-order valence-electron chi connectivity index (χ3n) is 3.83. The number of nitrogens with one attached hydrogen (secondary N) is 1. The lowest BCUT2D eigenvalue weighted by Gasteiger charge is -2.10. The number of ether oxygens (including phenoxy) is 1. The van der Waals surface area contributed by atoms with Gasteiger partial charge in [0.25, 0.3) is 5.56 Å². The van der Waals surface area contributed by atoms with Crippen molar-refractivity contribution < 1.29 is 4.74 Å². The highest BCUT2D eigenvalue weighted by atomic mass is 16.5. The number of fused-ring (bicyclic) bond motifs is 1. The summed E-state index contributed by atoms with van der Waals surface area (Å²) < 4.78 is 8.11. The minimum absolute atomic E-state index is 0.0203. The van der Waals surface area contributed by atoms with Crippen molar-refractivity contribution in [2.45, 2.75) is 26.3 Å². The molecule has 0 unspecified atom stereocenters. The second kappa shape index (κ2) is 6.29. The number of rotatable bonds is 5. The van der Waals surface area contributed by atoms with Crippen LogP contribution >= 0.6 is 0 Å². The van der Waals surface area contributed by atoms with E-state index in [0.717, 1.165) is 5.56 Å². The van der Waals surface area contributed by atoms with Gasteiger partial charge in [-0.2, -0.15) is 10.4 Å². The summed E-state index contributed by atoms with van der Waals surface area (Å²) in [5, 5.41) is 16.3. The fraction of sp³-hybridized carbons (Fsp3) is 0.375. The Bertz CT molecular complexity index is 973. The molecule has 8 heteroatoms. The van der Waals surface area contributed by atoms with Crippen LogP contribution in [0.5, 0.6) is 0 Å². The van der Waals surface area contributed by atoms with E-state index in [0.29, 0.717) is 35.6 Å². The summed E-state index contributed by atoms with van der Waals surface area (Å²) in [4.78, 5) is 17.4. The first-order valence-electron chi connectivity index (χ1n) is 7.62. The standard InChI is InChI=1S/C16H18N6O2/c1-10(2)13-14(12-8-18-21(9-12)4-5-24-3)20-15-11(6-17)7-19-22(15)16(13)23/h7-10,19H,4-5H2,1-3H3. The van der Waals surface area contributed by atoms with Gasteiger partial charge >= 0.3 is 0 Å². The minimum atomic E-state index is -0.198. The number of H-pyrrole nitrogens is 1. The van der Waals surface area contributed by atoms with Gasteiger partial charge in [-0.05, 0) is 5.92 Å². The molecule has 24 heavy (non-hydrogen) atoms. The molecule has 0 saturated heterocycles. The molecule has 0 amide bonds. The first-order valence-corrected chi connectivity index (χ1v) is 7.62. The molecule has 0 aliphatic heterocycles. The summed E-state index contributed by atoms with van der Waals surface area (Å²) in [7, 11) is 1.63. The highest BCUT2D eigenvalue weighted by Gasteiger charge is 2.20. The molecule has 0 radical (unpaired) electrons. The van der Waals surface area contributed by atoms with Crippen molar-refractivity contribution >= 4 is 5.65 Å². The Labute approximate surface area is 138 Å². The fourth-order valence-corrected chi connectivity index (χ4v) is 2.64. The molecule has 3 aromatic heterocycles. The van der Waals surface area contributed by atoms with Crippen LogP contribution in [0.1, 0.15) is 30.9 Å². The van der Waals surface area contributed by atoms with Crippen molar-refractivity contribution in [2.75, 3.05) is 13.7 Å². The number of nitriles is 1. The molecule has 3 heterocycles. The average Bonchev–Trinajstić information content (AvgIpc) is 3.18. The first-order chi connectivity index (χ1) is 11.6. The lowest BCUT2D eigenvalue weighted by molar-refractivity contribution is 0.183. The maximum absolute atomic E-state index is 12.8. The van der Waals surface area contributed by atoms with E-state index in [2.05, 4.69) is 15.2 Å². The molecule has 0 bridgehead atoms. The van der Waals surface area contributed by atoms with E-state index < -0.39 is 0 Å². The number of aromatic amines is 1. The largest absolute Gasteiger partial charge is 0.383 e. The van der Waals surface area contributed by atoms with Crippen LogP contribution < -0.4 is 5.56 Å². The molecule has 0 atom stereocenters. The zero-order valence-corrected chi connectivity index (χ0v) is 13.8. The van der Waals surface area contributed by atoms with Crippen LogP contribution in [0.15, 0.2) is 23.4 Å². The molecule has 0 saturated carbocycles. The maximum Gasteiger partial charge on any atom is 0.276 e. The van der Waals surface area contributed by atoms with E-state index in [1.54, 1.807) is 18.0 Å². The Hall–Kier alpha value is -2.92. The Balaban J connectivity index is 2.22. The SMILES string of the molecule is COCCn1cc(-c2nc3c(C#N)c[nH]n3c(=O)c2C(C)C)cn1. The van der Waals surface area contributed by atoms with Gasteiger partial charge in [0.2, 0.25) is 0 Å². The summed E-state index contributed by atoms with van der Waals surface area (Å²) >= 11 is 0. The summed E-state index contributed by atoms with van der Waals surface area (Å²) in [6, 6.07) is 2.05. The average molecular weight is 326 g/mol. The Morgan fingerprint density at radius 2 is 2.25 bits per heavy atom. The van der Waals surface area contributed by atoms with Gasteiger partial charge < -0.3 is 4.74 Å². The van der Waals surface area contributed by atoms with Crippen LogP contribution in [0.2, 0.25) is 0 Å². The third-order valence-corrected chi connectivity index (χ3v) is 3.83. The van der Waals surface area contributed by atoms with Crippen molar-refractivity contribution in [2.24, 2.45) is 0 Å². The number of aromatic nitrogens is 5. The second-order valence-corrected chi connectivity index (χ2v) is 5.78. The van der Waals surface area contributed by atoms with Crippen molar-refractivity contribution in [3.63, 3.8) is 0 Å². The summed E-state index contributed by atoms with van der Waals surface area (Å²) in [6.07, 6.45) is 5.00. The molecule has 0 aromatic carbocycles. The lowest BCUT2D eigenvalue weighted by atomic mass is 10.00. The monoisotopic (exact) mass is 326 g/mol.